The molecule has 150 valence electrons. The van der Waals surface area contributed by atoms with Crippen LogP contribution in [0.25, 0.3) is 0 Å². The molecule has 0 atom stereocenters. The molecule has 8 heteroatoms. The lowest BCUT2D eigenvalue weighted by molar-refractivity contribution is 0.0594. The SMILES string of the molecule is COC(=O)c1cc(Nc2cc(Oc3cn[nH]c3C(C)(C)C3CC3)ccn2)ccn1. The summed E-state index contributed by atoms with van der Waals surface area (Å²) in [6.07, 6.45) is 7.36. The molecule has 2 N–H and O–H groups in total. The highest BCUT2D eigenvalue weighted by molar-refractivity contribution is 5.88. The number of H-pyrrole nitrogens is 1. The fraction of sp³-hybridized carbons (Fsp3) is 0.333. The van der Waals surface area contributed by atoms with Crippen LogP contribution >= 0.6 is 0 Å². The molecule has 1 saturated carbocycles. The lowest BCUT2D eigenvalue weighted by atomic mass is 9.83. The first-order valence-corrected chi connectivity index (χ1v) is 9.46. The predicted molar refractivity (Wildman–Crippen MR) is 108 cm³/mol. The minimum Gasteiger partial charge on any atom is -0.464 e. The number of methoxy groups -OCH3 is 1. The van der Waals surface area contributed by atoms with Crippen LogP contribution in [0.5, 0.6) is 11.5 Å². The molecule has 4 rings (SSSR count). The van der Waals surface area contributed by atoms with Crippen LogP contribution in [0.3, 0.4) is 0 Å². The largest absolute Gasteiger partial charge is 0.464 e. The summed E-state index contributed by atoms with van der Waals surface area (Å²) in [6, 6.07) is 6.93. The molecular formula is C21H23N5O3. The van der Waals surface area contributed by atoms with Gasteiger partial charge in [0.1, 0.15) is 17.3 Å². The van der Waals surface area contributed by atoms with E-state index >= 15 is 0 Å². The molecule has 3 aromatic rings. The smallest absolute Gasteiger partial charge is 0.356 e. The van der Waals surface area contributed by atoms with E-state index in [1.54, 1.807) is 36.7 Å². The molecule has 3 aromatic heterocycles. The normalized spacial score (nSPS) is 13.8. The Labute approximate surface area is 168 Å². The Bertz CT molecular complexity index is 1030. The van der Waals surface area contributed by atoms with Crippen LogP contribution in [0.2, 0.25) is 0 Å². The number of carbonyl (C=O) groups is 1. The van der Waals surface area contributed by atoms with Crippen LogP contribution in [-0.2, 0) is 10.2 Å². The minimum atomic E-state index is -0.496. The average molecular weight is 393 g/mol. The topological polar surface area (TPSA) is 102 Å². The highest BCUT2D eigenvalue weighted by Crippen LogP contribution is 2.49. The number of rotatable bonds is 7. The van der Waals surface area contributed by atoms with E-state index in [0.717, 1.165) is 11.4 Å². The van der Waals surface area contributed by atoms with Gasteiger partial charge in [-0.05, 0) is 37.0 Å². The van der Waals surface area contributed by atoms with Gasteiger partial charge in [0.2, 0.25) is 0 Å². The third-order valence-electron chi connectivity index (χ3n) is 5.23. The molecule has 3 heterocycles. The first-order valence-electron chi connectivity index (χ1n) is 9.46. The van der Waals surface area contributed by atoms with Gasteiger partial charge >= 0.3 is 5.97 Å². The van der Waals surface area contributed by atoms with E-state index in [1.165, 1.54) is 26.1 Å². The summed E-state index contributed by atoms with van der Waals surface area (Å²) in [4.78, 5) is 20.0. The number of nitrogens with zero attached hydrogens (tertiary/aromatic N) is 3. The van der Waals surface area contributed by atoms with Crippen molar-refractivity contribution in [3.05, 3.63) is 54.2 Å². The summed E-state index contributed by atoms with van der Waals surface area (Å²) in [6.45, 7) is 4.43. The maximum Gasteiger partial charge on any atom is 0.356 e. The van der Waals surface area contributed by atoms with Gasteiger partial charge < -0.3 is 14.8 Å². The molecule has 1 aliphatic carbocycles. The van der Waals surface area contributed by atoms with Gasteiger partial charge in [-0.1, -0.05) is 13.8 Å². The molecule has 0 spiro atoms. The number of pyridine rings is 2. The Morgan fingerprint density at radius 1 is 1.21 bits per heavy atom. The number of esters is 1. The highest BCUT2D eigenvalue weighted by atomic mass is 16.5. The lowest BCUT2D eigenvalue weighted by Gasteiger charge is -2.24. The van der Waals surface area contributed by atoms with Crippen LogP contribution in [0.4, 0.5) is 11.5 Å². The standard InChI is InChI=1S/C21H23N5O3/c1-21(2,13-4-5-13)19-17(12-24-26-19)29-15-7-9-23-18(11-15)25-14-6-8-22-16(10-14)20(27)28-3/h6-13H,4-5H2,1-3H3,(H,24,26)(H,22,23,25). The Balaban J connectivity index is 1.52. The number of hydrogen-bond acceptors (Lipinski definition) is 7. The van der Waals surface area contributed by atoms with Crippen LogP contribution in [0.1, 0.15) is 42.9 Å². The zero-order valence-electron chi connectivity index (χ0n) is 16.6. The quantitative estimate of drug-likeness (QED) is 0.580. The molecule has 1 fully saturated rings. The first kappa shape index (κ1) is 18.9. The number of hydrogen-bond donors (Lipinski definition) is 2. The van der Waals surface area contributed by atoms with Crippen LogP contribution < -0.4 is 10.1 Å². The van der Waals surface area contributed by atoms with Crippen molar-refractivity contribution in [2.75, 3.05) is 12.4 Å². The Morgan fingerprint density at radius 3 is 2.76 bits per heavy atom. The lowest BCUT2D eigenvalue weighted by Crippen LogP contribution is -2.21. The molecule has 0 saturated heterocycles. The van der Waals surface area contributed by atoms with Crippen molar-refractivity contribution < 1.29 is 14.3 Å². The Kier molecular flexibility index (Phi) is 4.92. The van der Waals surface area contributed by atoms with E-state index in [1.807, 2.05) is 0 Å². The van der Waals surface area contributed by atoms with Crippen molar-refractivity contribution in [1.29, 1.82) is 0 Å². The maximum atomic E-state index is 11.7. The summed E-state index contributed by atoms with van der Waals surface area (Å²) >= 11 is 0. The summed E-state index contributed by atoms with van der Waals surface area (Å²) in [5.74, 6) is 2.09. The Hall–Kier alpha value is -3.42. The van der Waals surface area contributed by atoms with Crippen molar-refractivity contribution in [3.63, 3.8) is 0 Å². The van der Waals surface area contributed by atoms with Gasteiger partial charge in [0.05, 0.1) is 19.0 Å². The van der Waals surface area contributed by atoms with Gasteiger partial charge in [-0.25, -0.2) is 14.8 Å². The second-order valence-electron chi connectivity index (χ2n) is 7.63. The minimum absolute atomic E-state index is 0.0126. The summed E-state index contributed by atoms with van der Waals surface area (Å²) in [5.41, 5.74) is 1.88. The van der Waals surface area contributed by atoms with Crippen LogP contribution in [0, 0.1) is 5.92 Å². The molecule has 0 bridgehead atoms. The zero-order chi connectivity index (χ0) is 20.4. The van der Waals surface area contributed by atoms with Gasteiger partial charge in [-0.15, -0.1) is 0 Å². The number of nitrogens with one attached hydrogen (secondary N) is 2. The van der Waals surface area contributed by atoms with E-state index in [0.29, 0.717) is 23.2 Å². The van der Waals surface area contributed by atoms with Crippen molar-refractivity contribution in [2.45, 2.75) is 32.1 Å². The third kappa shape index (κ3) is 4.06. The molecule has 1 aliphatic rings. The fourth-order valence-electron chi connectivity index (χ4n) is 3.37. The van der Waals surface area contributed by atoms with Crippen LogP contribution in [0.15, 0.2) is 42.9 Å². The molecule has 29 heavy (non-hydrogen) atoms. The average Bonchev–Trinajstić information content (AvgIpc) is 3.48. The van der Waals surface area contributed by atoms with Gasteiger partial charge in [0.25, 0.3) is 0 Å². The maximum absolute atomic E-state index is 11.7. The number of aromatic nitrogens is 4. The van der Waals surface area contributed by atoms with Crippen LogP contribution in [-0.4, -0.2) is 33.2 Å². The van der Waals surface area contributed by atoms with Gasteiger partial charge in [0.15, 0.2) is 5.75 Å². The zero-order valence-corrected chi connectivity index (χ0v) is 16.6. The fourth-order valence-corrected chi connectivity index (χ4v) is 3.37. The van der Waals surface area contributed by atoms with E-state index in [2.05, 4.69) is 39.3 Å². The van der Waals surface area contributed by atoms with E-state index < -0.39 is 5.97 Å². The molecular weight excluding hydrogens is 370 g/mol. The van der Waals surface area contributed by atoms with Crippen molar-refractivity contribution in [2.24, 2.45) is 5.92 Å². The molecule has 0 aromatic carbocycles. The first-order chi connectivity index (χ1) is 14.0. The monoisotopic (exact) mass is 393 g/mol. The van der Waals surface area contributed by atoms with E-state index in [9.17, 15) is 4.79 Å². The van der Waals surface area contributed by atoms with E-state index in [4.69, 9.17) is 9.47 Å². The van der Waals surface area contributed by atoms with Crippen molar-refractivity contribution in [3.8, 4) is 11.5 Å². The molecule has 8 nitrogen and oxygen atoms in total. The molecule has 0 aliphatic heterocycles. The third-order valence-corrected chi connectivity index (χ3v) is 5.23. The Morgan fingerprint density at radius 2 is 2.00 bits per heavy atom. The number of carbonyl (C=O) groups excluding carboxylic acids is 1. The number of ether oxygens (including phenoxy) is 2. The molecule has 0 unspecified atom stereocenters. The summed E-state index contributed by atoms with van der Waals surface area (Å²) in [5, 5.41) is 10.4. The van der Waals surface area contributed by atoms with Crippen molar-refractivity contribution >= 4 is 17.5 Å². The van der Waals surface area contributed by atoms with Crippen molar-refractivity contribution in [1.82, 2.24) is 20.2 Å². The highest BCUT2D eigenvalue weighted by Gasteiger charge is 2.41. The van der Waals surface area contributed by atoms with Gasteiger partial charge in [-0.3, -0.25) is 5.10 Å². The predicted octanol–water partition coefficient (Wildman–Crippen LogP) is 4.21. The number of anilines is 2. The van der Waals surface area contributed by atoms with Gasteiger partial charge in [0, 0.05) is 29.6 Å². The second-order valence-corrected chi connectivity index (χ2v) is 7.63. The molecule has 0 amide bonds. The number of aromatic amines is 1. The second kappa shape index (κ2) is 7.54. The molecule has 0 radical (unpaired) electrons. The summed E-state index contributed by atoms with van der Waals surface area (Å²) in [7, 11) is 1.32. The van der Waals surface area contributed by atoms with Gasteiger partial charge in [-0.2, -0.15) is 5.10 Å². The van der Waals surface area contributed by atoms with E-state index in [-0.39, 0.29) is 11.1 Å². The summed E-state index contributed by atoms with van der Waals surface area (Å²) < 4.78 is 10.8.